The van der Waals surface area contributed by atoms with E-state index in [2.05, 4.69) is 20.8 Å². The summed E-state index contributed by atoms with van der Waals surface area (Å²) in [7, 11) is 3.26. The van der Waals surface area contributed by atoms with E-state index in [1.165, 1.54) is 11.6 Å². The number of fused-ring (bicyclic) bond motifs is 1. The largest absolute Gasteiger partial charge is 0.497 e. The highest BCUT2D eigenvalue weighted by Crippen LogP contribution is 2.44. The molecule has 0 fully saturated rings. The van der Waals surface area contributed by atoms with Gasteiger partial charge < -0.3 is 19.3 Å². The topological polar surface area (TPSA) is 65.0 Å². The first-order valence-corrected chi connectivity index (χ1v) is 13.6. The molecule has 6 heteroatoms. The third kappa shape index (κ3) is 5.96. The Hall–Kier alpha value is -3.38. The molecule has 0 unspecified atom stereocenters. The zero-order valence-corrected chi connectivity index (χ0v) is 23.7. The van der Waals surface area contributed by atoms with Crippen LogP contribution in [0.4, 0.5) is 4.39 Å². The molecule has 1 aliphatic carbocycles. The molecule has 208 valence electrons. The monoisotopic (exact) mass is 534 g/mol. The zero-order valence-electron chi connectivity index (χ0n) is 23.7. The fourth-order valence-corrected chi connectivity index (χ4v) is 5.61. The molecule has 0 saturated heterocycles. The van der Waals surface area contributed by atoms with E-state index in [0.29, 0.717) is 23.7 Å². The summed E-state index contributed by atoms with van der Waals surface area (Å²) in [4.78, 5) is 11.6. The number of methoxy groups -OCH3 is 2. The maximum Gasteiger partial charge on any atom is 0.306 e. The highest BCUT2D eigenvalue weighted by Gasteiger charge is 2.33. The molecule has 1 aliphatic rings. The van der Waals surface area contributed by atoms with Gasteiger partial charge in [-0.1, -0.05) is 45.9 Å². The van der Waals surface area contributed by atoms with Crippen molar-refractivity contribution in [3.8, 4) is 22.6 Å². The molecule has 5 nitrogen and oxygen atoms in total. The minimum Gasteiger partial charge on any atom is -0.497 e. The highest BCUT2D eigenvalue weighted by atomic mass is 19.1. The van der Waals surface area contributed by atoms with Crippen LogP contribution in [0.3, 0.4) is 0 Å². The van der Waals surface area contributed by atoms with Gasteiger partial charge in [-0.3, -0.25) is 4.79 Å². The third-order valence-electron chi connectivity index (χ3n) is 8.36. The van der Waals surface area contributed by atoms with Gasteiger partial charge >= 0.3 is 5.97 Å². The quantitative estimate of drug-likeness (QED) is 0.270. The molecular weight excluding hydrogens is 495 g/mol. The van der Waals surface area contributed by atoms with Gasteiger partial charge in [-0.15, -0.1) is 0 Å². The van der Waals surface area contributed by atoms with Gasteiger partial charge in [-0.25, -0.2) is 4.39 Å². The Morgan fingerprint density at radius 3 is 2.46 bits per heavy atom. The number of hydrogen-bond donors (Lipinski definition) is 1. The number of carboxylic acids is 1. The van der Waals surface area contributed by atoms with Crippen LogP contribution < -0.4 is 9.47 Å². The van der Waals surface area contributed by atoms with E-state index in [0.717, 1.165) is 41.5 Å². The van der Waals surface area contributed by atoms with Gasteiger partial charge in [0.2, 0.25) is 0 Å². The van der Waals surface area contributed by atoms with E-state index in [4.69, 9.17) is 14.2 Å². The van der Waals surface area contributed by atoms with E-state index >= 15 is 4.39 Å². The van der Waals surface area contributed by atoms with E-state index < -0.39 is 11.9 Å². The number of benzene rings is 3. The van der Waals surface area contributed by atoms with Crippen molar-refractivity contribution in [2.45, 2.75) is 65.6 Å². The first kappa shape index (κ1) is 28.6. The smallest absolute Gasteiger partial charge is 0.306 e. The van der Waals surface area contributed by atoms with Crippen molar-refractivity contribution in [3.63, 3.8) is 0 Å². The average molecular weight is 535 g/mol. The lowest BCUT2D eigenvalue weighted by Crippen LogP contribution is -2.24. The molecule has 3 atom stereocenters. The lowest BCUT2D eigenvalue weighted by Gasteiger charge is -2.34. The number of carboxylic acid groups (broad SMARTS) is 1. The molecule has 39 heavy (non-hydrogen) atoms. The second-order valence-corrected chi connectivity index (χ2v) is 11.1. The minimum absolute atomic E-state index is 0.0107. The van der Waals surface area contributed by atoms with Crippen LogP contribution in [0, 0.1) is 17.2 Å². The Bertz CT molecular complexity index is 1330. The van der Waals surface area contributed by atoms with Gasteiger partial charge in [0, 0.05) is 12.7 Å². The second-order valence-electron chi connectivity index (χ2n) is 11.1. The summed E-state index contributed by atoms with van der Waals surface area (Å²) >= 11 is 0. The van der Waals surface area contributed by atoms with E-state index in [1.807, 2.05) is 36.4 Å². The molecule has 4 rings (SSSR count). The molecule has 0 aromatic heterocycles. The Morgan fingerprint density at radius 2 is 1.79 bits per heavy atom. The normalized spacial score (nSPS) is 16.4. The Labute approximate surface area is 230 Å². The van der Waals surface area contributed by atoms with Crippen LogP contribution in [0.15, 0.2) is 54.6 Å². The summed E-state index contributed by atoms with van der Waals surface area (Å²) in [6, 6.07) is 16.7. The van der Waals surface area contributed by atoms with E-state index in [-0.39, 0.29) is 23.3 Å². The molecule has 1 N–H and O–H groups in total. The Kier molecular flexibility index (Phi) is 8.65. The zero-order chi connectivity index (χ0) is 28.3. The molecule has 0 heterocycles. The predicted molar refractivity (Wildman–Crippen MR) is 151 cm³/mol. The summed E-state index contributed by atoms with van der Waals surface area (Å²) in [5.74, 6) is -0.263. The molecule has 0 amide bonds. The summed E-state index contributed by atoms with van der Waals surface area (Å²) < 4.78 is 32.7. The van der Waals surface area contributed by atoms with E-state index in [1.54, 1.807) is 33.3 Å². The first-order valence-electron chi connectivity index (χ1n) is 13.6. The highest BCUT2D eigenvalue weighted by molar-refractivity contribution is 5.72. The lowest BCUT2D eigenvalue weighted by atomic mass is 9.77. The Morgan fingerprint density at radius 1 is 1.05 bits per heavy atom. The van der Waals surface area contributed by atoms with Crippen LogP contribution >= 0.6 is 0 Å². The van der Waals surface area contributed by atoms with Crippen molar-refractivity contribution in [1.82, 2.24) is 0 Å². The van der Waals surface area contributed by atoms with Gasteiger partial charge in [0.1, 0.15) is 23.9 Å². The SMILES string of the molecule is CCC(C)(C)[C@H](OC)c1cc(COc2ccc3c(c2)[C@@H]([C@@H](C)C(=O)O)CC3)ccc1-c1cc(OC)ccc1F. The standard InChI is InChI=1S/C33H39FO5/c1-7-33(3,4)31(38-6)29-16-21(8-13-26(29)28-17-23(37-5)12-15-30(28)34)19-39-24-11-9-22-10-14-25(27(22)18-24)20(2)32(35)36/h8-9,11-13,15-18,20,25,31H,7,10,14,19H2,1-6H3,(H,35,36)/t20-,25-,31-/m1/s1. The van der Waals surface area contributed by atoms with Crippen LogP contribution in [0.25, 0.3) is 11.1 Å². The number of rotatable bonds is 11. The maximum atomic E-state index is 15.1. The lowest BCUT2D eigenvalue weighted by molar-refractivity contribution is -0.141. The van der Waals surface area contributed by atoms with Crippen LogP contribution in [0.1, 0.15) is 74.8 Å². The van der Waals surface area contributed by atoms with Crippen molar-refractivity contribution in [2.75, 3.05) is 14.2 Å². The average Bonchev–Trinajstić information content (AvgIpc) is 3.35. The number of ether oxygens (including phenoxy) is 3. The van der Waals surface area contributed by atoms with Crippen molar-refractivity contribution >= 4 is 5.97 Å². The van der Waals surface area contributed by atoms with Crippen molar-refractivity contribution in [2.24, 2.45) is 11.3 Å². The van der Waals surface area contributed by atoms with E-state index in [9.17, 15) is 9.90 Å². The summed E-state index contributed by atoms with van der Waals surface area (Å²) in [6.45, 7) is 8.50. The predicted octanol–water partition coefficient (Wildman–Crippen LogP) is 7.95. The first-order chi connectivity index (χ1) is 18.6. The summed E-state index contributed by atoms with van der Waals surface area (Å²) in [6.07, 6.45) is 2.32. The molecule has 0 saturated carbocycles. The molecule has 0 aliphatic heterocycles. The Balaban J connectivity index is 1.68. The van der Waals surface area contributed by atoms with Gasteiger partial charge in [0.15, 0.2) is 0 Å². The number of halogens is 1. The fourth-order valence-electron chi connectivity index (χ4n) is 5.61. The number of hydrogen-bond acceptors (Lipinski definition) is 4. The molecule has 0 bridgehead atoms. The van der Waals surface area contributed by atoms with Gasteiger partial charge in [0.25, 0.3) is 0 Å². The van der Waals surface area contributed by atoms with Gasteiger partial charge in [-0.2, -0.15) is 0 Å². The number of carbonyl (C=O) groups is 1. The van der Waals surface area contributed by atoms with Crippen LogP contribution in [0.5, 0.6) is 11.5 Å². The third-order valence-corrected chi connectivity index (χ3v) is 8.36. The molecular formula is C33H39FO5. The molecule has 3 aromatic rings. The molecule has 0 spiro atoms. The van der Waals surface area contributed by atoms with Crippen molar-refractivity contribution in [3.05, 3.63) is 82.7 Å². The van der Waals surface area contributed by atoms with Crippen LogP contribution in [-0.4, -0.2) is 25.3 Å². The number of aryl methyl sites for hydroxylation is 1. The van der Waals surface area contributed by atoms with Crippen LogP contribution in [-0.2, 0) is 22.6 Å². The summed E-state index contributed by atoms with van der Waals surface area (Å²) in [5.41, 5.74) is 5.10. The van der Waals surface area contributed by atoms with Crippen molar-refractivity contribution in [1.29, 1.82) is 0 Å². The van der Waals surface area contributed by atoms with Gasteiger partial charge in [0.05, 0.1) is 19.1 Å². The van der Waals surface area contributed by atoms with Crippen molar-refractivity contribution < 1.29 is 28.5 Å². The fraction of sp³-hybridized carbons (Fsp3) is 0.424. The minimum atomic E-state index is -0.776. The number of aliphatic carboxylic acids is 1. The van der Waals surface area contributed by atoms with Crippen LogP contribution in [0.2, 0.25) is 0 Å². The summed E-state index contributed by atoms with van der Waals surface area (Å²) in [5, 5.41) is 9.53. The second kappa shape index (κ2) is 11.8. The van der Waals surface area contributed by atoms with Gasteiger partial charge in [-0.05, 0) is 94.8 Å². The molecule has 0 radical (unpaired) electrons. The maximum absolute atomic E-state index is 15.1. The molecule has 3 aromatic carbocycles.